The van der Waals surface area contributed by atoms with E-state index in [0.29, 0.717) is 6.04 Å². The molecule has 6 nitrogen and oxygen atoms in total. The fraction of sp³-hybridized carbons (Fsp3) is 0.533. The van der Waals surface area contributed by atoms with Crippen molar-refractivity contribution in [1.82, 2.24) is 5.32 Å². The highest BCUT2D eigenvalue weighted by atomic mass is 16.6. The minimum atomic E-state index is -0.381. The van der Waals surface area contributed by atoms with E-state index in [9.17, 15) is 14.9 Å². The summed E-state index contributed by atoms with van der Waals surface area (Å²) in [5.74, 6) is -0.212. The van der Waals surface area contributed by atoms with E-state index in [1.165, 1.54) is 6.07 Å². The average molecular weight is 291 g/mol. The number of nitro groups is 1. The van der Waals surface area contributed by atoms with E-state index < -0.39 is 0 Å². The number of nitro benzene ring substituents is 1. The first kappa shape index (κ1) is 15.4. The molecule has 0 aliphatic heterocycles. The molecule has 0 bridgehead atoms. The van der Waals surface area contributed by atoms with Crippen molar-refractivity contribution < 1.29 is 9.72 Å². The number of nitrogens with two attached hydrogens (primary N) is 1. The lowest BCUT2D eigenvalue weighted by molar-refractivity contribution is -0.384. The molecule has 21 heavy (non-hydrogen) atoms. The van der Waals surface area contributed by atoms with Crippen LogP contribution in [0.15, 0.2) is 24.3 Å². The van der Waals surface area contributed by atoms with Gasteiger partial charge in [0.15, 0.2) is 0 Å². The van der Waals surface area contributed by atoms with E-state index in [1.54, 1.807) is 12.1 Å². The van der Waals surface area contributed by atoms with Gasteiger partial charge >= 0.3 is 0 Å². The van der Waals surface area contributed by atoms with Gasteiger partial charge in [-0.2, -0.15) is 0 Å². The van der Waals surface area contributed by atoms with Crippen molar-refractivity contribution in [3.05, 3.63) is 39.9 Å². The van der Waals surface area contributed by atoms with Crippen LogP contribution in [0.1, 0.15) is 44.2 Å². The van der Waals surface area contributed by atoms with Crippen LogP contribution in [-0.4, -0.2) is 16.9 Å². The van der Waals surface area contributed by atoms with Crippen molar-refractivity contribution >= 4 is 11.6 Å². The first-order valence-electron chi connectivity index (χ1n) is 7.27. The van der Waals surface area contributed by atoms with Gasteiger partial charge in [0.2, 0.25) is 5.91 Å². The van der Waals surface area contributed by atoms with Crippen LogP contribution < -0.4 is 11.1 Å². The topological polar surface area (TPSA) is 98.3 Å². The zero-order valence-corrected chi connectivity index (χ0v) is 12.1. The van der Waals surface area contributed by atoms with Crippen LogP contribution in [0.3, 0.4) is 0 Å². The Morgan fingerprint density at radius 3 is 2.62 bits per heavy atom. The SMILES string of the molecule is CC(NC1CCC(C(N)=O)CC1)c1cccc([N+](=O)[O-])c1. The van der Waals surface area contributed by atoms with Crippen molar-refractivity contribution in [2.45, 2.75) is 44.7 Å². The molecule has 1 amide bonds. The molecule has 3 N–H and O–H groups in total. The number of amides is 1. The summed E-state index contributed by atoms with van der Waals surface area (Å²) in [6.07, 6.45) is 3.45. The van der Waals surface area contributed by atoms with Crippen molar-refractivity contribution in [3.8, 4) is 0 Å². The molecule has 1 aromatic carbocycles. The summed E-state index contributed by atoms with van der Waals surface area (Å²) in [4.78, 5) is 21.6. The van der Waals surface area contributed by atoms with Crippen LogP contribution in [0.2, 0.25) is 0 Å². The second-order valence-corrected chi connectivity index (χ2v) is 5.69. The molecule has 6 heteroatoms. The molecule has 1 aliphatic rings. The third-order valence-electron chi connectivity index (χ3n) is 4.20. The Balaban J connectivity index is 1.93. The Labute approximate surface area is 123 Å². The van der Waals surface area contributed by atoms with Crippen LogP contribution in [0, 0.1) is 16.0 Å². The highest BCUT2D eigenvalue weighted by molar-refractivity contribution is 5.76. The van der Waals surface area contributed by atoms with Crippen LogP contribution in [0.25, 0.3) is 0 Å². The van der Waals surface area contributed by atoms with Crippen molar-refractivity contribution in [2.24, 2.45) is 11.7 Å². The van der Waals surface area contributed by atoms with Crippen molar-refractivity contribution in [1.29, 1.82) is 0 Å². The molecule has 0 saturated heterocycles. The van der Waals surface area contributed by atoms with Gasteiger partial charge in [0.25, 0.3) is 5.69 Å². The van der Waals surface area contributed by atoms with E-state index in [0.717, 1.165) is 31.2 Å². The third-order valence-corrected chi connectivity index (χ3v) is 4.20. The van der Waals surface area contributed by atoms with Crippen LogP contribution in [0.5, 0.6) is 0 Å². The van der Waals surface area contributed by atoms with Gasteiger partial charge in [-0.3, -0.25) is 14.9 Å². The summed E-state index contributed by atoms with van der Waals surface area (Å²) in [5.41, 5.74) is 6.34. The average Bonchev–Trinajstić information content (AvgIpc) is 2.48. The van der Waals surface area contributed by atoms with Gasteiger partial charge in [-0.1, -0.05) is 12.1 Å². The molecule has 1 unspecified atom stereocenters. The number of carbonyl (C=O) groups is 1. The molecule has 1 aliphatic carbocycles. The quantitative estimate of drug-likeness (QED) is 0.642. The van der Waals surface area contributed by atoms with Gasteiger partial charge in [-0.15, -0.1) is 0 Å². The molecule has 1 atom stereocenters. The Morgan fingerprint density at radius 1 is 1.38 bits per heavy atom. The zero-order chi connectivity index (χ0) is 15.4. The molecule has 114 valence electrons. The fourth-order valence-electron chi connectivity index (χ4n) is 2.90. The lowest BCUT2D eigenvalue weighted by Gasteiger charge is -2.30. The first-order chi connectivity index (χ1) is 9.97. The Bertz CT molecular complexity index is 525. The predicted molar refractivity (Wildman–Crippen MR) is 79.6 cm³/mol. The Kier molecular flexibility index (Phi) is 4.90. The lowest BCUT2D eigenvalue weighted by Crippen LogP contribution is -2.37. The number of primary amides is 1. The van der Waals surface area contributed by atoms with Gasteiger partial charge < -0.3 is 11.1 Å². The van der Waals surface area contributed by atoms with Crippen LogP contribution in [0.4, 0.5) is 5.69 Å². The monoisotopic (exact) mass is 291 g/mol. The molecule has 1 aromatic rings. The number of carbonyl (C=O) groups excluding carboxylic acids is 1. The van der Waals surface area contributed by atoms with Gasteiger partial charge in [0, 0.05) is 30.1 Å². The van der Waals surface area contributed by atoms with E-state index in [-0.39, 0.29) is 28.5 Å². The smallest absolute Gasteiger partial charge is 0.269 e. The number of non-ortho nitro benzene ring substituents is 1. The van der Waals surface area contributed by atoms with E-state index in [4.69, 9.17) is 5.73 Å². The second-order valence-electron chi connectivity index (χ2n) is 5.69. The summed E-state index contributed by atoms with van der Waals surface area (Å²) in [7, 11) is 0. The maximum absolute atomic E-state index is 11.1. The fourth-order valence-corrected chi connectivity index (χ4v) is 2.90. The standard InChI is InChI=1S/C15H21N3O3/c1-10(12-3-2-4-14(9-12)18(20)21)17-13-7-5-11(6-8-13)15(16)19/h2-4,9-11,13,17H,5-8H2,1H3,(H2,16,19). The zero-order valence-electron chi connectivity index (χ0n) is 12.1. The van der Waals surface area contributed by atoms with Gasteiger partial charge in [0.1, 0.15) is 0 Å². The molecule has 0 aromatic heterocycles. The van der Waals surface area contributed by atoms with Crippen molar-refractivity contribution in [3.63, 3.8) is 0 Å². The number of nitrogens with zero attached hydrogens (tertiary/aromatic N) is 1. The molecular formula is C15H21N3O3. The van der Waals surface area contributed by atoms with Crippen LogP contribution in [-0.2, 0) is 4.79 Å². The number of hydrogen-bond acceptors (Lipinski definition) is 4. The van der Waals surface area contributed by atoms with E-state index >= 15 is 0 Å². The summed E-state index contributed by atoms with van der Waals surface area (Å²) in [5, 5.41) is 14.3. The van der Waals surface area contributed by atoms with E-state index in [1.807, 2.05) is 13.0 Å². The van der Waals surface area contributed by atoms with E-state index in [2.05, 4.69) is 5.32 Å². The minimum absolute atomic E-state index is 0.00355. The van der Waals surface area contributed by atoms with Crippen molar-refractivity contribution in [2.75, 3.05) is 0 Å². The highest BCUT2D eigenvalue weighted by Gasteiger charge is 2.25. The largest absolute Gasteiger partial charge is 0.369 e. The van der Waals surface area contributed by atoms with Crippen LogP contribution >= 0.6 is 0 Å². The van der Waals surface area contributed by atoms with Gasteiger partial charge in [0.05, 0.1) is 4.92 Å². The molecule has 0 spiro atoms. The second kappa shape index (κ2) is 6.67. The molecule has 0 radical (unpaired) electrons. The Morgan fingerprint density at radius 2 is 2.05 bits per heavy atom. The summed E-state index contributed by atoms with van der Waals surface area (Å²) >= 11 is 0. The number of benzene rings is 1. The third kappa shape index (κ3) is 4.01. The lowest BCUT2D eigenvalue weighted by atomic mass is 9.85. The minimum Gasteiger partial charge on any atom is -0.369 e. The summed E-state index contributed by atoms with van der Waals surface area (Å²) < 4.78 is 0. The molecular weight excluding hydrogens is 270 g/mol. The molecule has 1 saturated carbocycles. The summed E-state index contributed by atoms with van der Waals surface area (Å²) in [6.45, 7) is 2.00. The molecule has 2 rings (SSSR count). The maximum atomic E-state index is 11.1. The maximum Gasteiger partial charge on any atom is 0.269 e. The predicted octanol–water partition coefficient (Wildman–Crippen LogP) is 2.29. The molecule has 0 heterocycles. The normalized spacial score (nSPS) is 23.5. The van der Waals surface area contributed by atoms with Gasteiger partial charge in [-0.25, -0.2) is 0 Å². The first-order valence-corrected chi connectivity index (χ1v) is 7.27. The van der Waals surface area contributed by atoms with Gasteiger partial charge in [-0.05, 0) is 38.2 Å². The summed E-state index contributed by atoms with van der Waals surface area (Å²) in [6, 6.07) is 7.06. The number of nitrogens with one attached hydrogen (secondary N) is 1. The number of hydrogen-bond donors (Lipinski definition) is 2. The Hall–Kier alpha value is -1.95. The number of rotatable bonds is 5. The molecule has 1 fully saturated rings. The highest BCUT2D eigenvalue weighted by Crippen LogP contribution is 2.26.